The lowest BCUT2D eigenvalue weighted by atomic mass is 10.1. The number of anilines is 1. The van der Waals surface area contributed by atoms with Crippen molar-refractivity contribution in [3.8, 4) is 5.75 Å². The number of nitrogens with zero attached hydrogens (tertiary/aromatic N) is 1. The van der Waals surface area contributed by atoms with Crippen molar-refractivity contribution in [1.29, 1.82) is 0 Å². The monoisotopic (exact) mass is 500 g/mol. The van der Waals surface area contributed by atoms with E-state index in [9.17, 15) is 22.8 Å². The van der Waals surface area contributed by atoms with Crippen LogP contribution in [0.2, 0.25) is 5.02 Å². The van der Waals surface area contributed by atoms with E-state index >= 15 is 0 Å². The number of pyridine rings is 1. The third-order valence-corrected chi connectivity index (χ3v) is 5.31. The highest BCUT2D eigenvalue weighted by Crippen LogP contribution is 2.31. The number of benzene rings is 1. The summed E-state index contributed by atoms with van der Waals surface area (Å²) in [6.45, 7) is 1.04. The summed E-state index contributed by atoms with van der Waals surface area (Å²) in [5.74, 6) is -0.117. The summed E-state index contributed by atoms with van der Waals surface area (Å²) in [4.78, 5) is 26.3. The van der Waals surface area contributed by atoms with Gasteiger partial charge in [-0.25, -0.2) is 0 Å². The van der Waals surface area contributed by atoms with Gasteiger partial charge in [0.1, 0.15) is 11.9 Å². The summed E-state index contributed by atoms with van der Waals surface area (Å²) in [5, 5.41) is 6.27. The highest BCUT2D eigenvalue weighted by Gasteiger charge is 2.30. The lowest BCUT2D eigenvalue weighted by molar-refractivity contribution is -0.138. The maximum Gasteiger partial charge on any atom is 0.417 e. The molecule has 1 aromatic heterocycles. The first-order chi connectivity index (χ1) is 16.1. The third-order valence-electron chi connectivity index (χ3n) is 5.07. The van der Waals surface area contributed by atoms with E-state index in [-0.39, 0.29) is 12.5 Å². The van der Waals surface area contributed by atoms with Crippen LogP contribution < -0.4 is 21.1 Å². The Morgan fingerprint density at radius 3 is 2.62 bits per heavy atom. The van der Waals surface area contributed by atoms with Gasteiger partial charge in [-0.1, -0.05) is 11.6 Å². The van der Waals surface area contributed by atoms with Gasteiger partial charge in [-0.2, -0.15) is 13.2 Å². The number of alkyl halides is 3. The fourth-order valence-electron chi connectivity index (χ4n) is 3.24. The van der Waals surface area contributed by atoms with E-state index in [4.69, 9.17) is 26.8 Å². The van der Waals surface area contributed by atoms with Gasteiger partial charge in [-0.15, -0.1) is 0 Å². The molecule has 184 valence electrons. The standard InChI is InChI=1S/C13H15F3N2O2.C9H9ClN2O2/c14-13(15,16)9-4-5-10(17-7-9)8-18-12(19)11-3-1-2-6-20-11;10-5-1-2-7-6(3-5)12-4-8(14-7)9(11)13/h4-5,7,11H,1-3,6,8H2,(H,18,19);1-3,8,12H,4H2,(H2,11,13). The van der Waals surface area contributed by atoms with Crippen molar-refractivity contribution in [2.45, 2.75) is 44.2 Å². The summed E-state index contributed by atoms with van der Waals surface area (Å²) in [6.07, 6.45) is -2.14. The van der Waals surface area contributed by atoms with Crippen LogP contribution in [0.25, 0.3) is 0 Å². The molecule has 0 radical (unpaired) electrons. The second kappa shape index (κ2) is 11.4. The van der Waals surface area contributed by atoms with Crippen LogP contribution in [0.1, 0.15) is 30.5 Å². The zero-order valence-electron chi connectivity index (χ0n) is 18.0. The number of amides is 2. The SMILES string of the molecule is NC(=O)C1CNc2cc(Cl)ccc2O1.O=C(NCc1ccc(C(F)(F)F)cn1)C1CCCCO1. The zero-order chi connectivity index (χ0) is 24.7. The Morgan fingerprint density at radius 1 is 1.21 bits per heavy atom. The number of primary amides is 1. The Labute approximate surface area is 199 Å². The third kappa shape index (κ3) is 7.22. The van der Waals surface area contributed by atoms with Crippen LogP contribution in [0.4, 0.5) is 18.9 Å². The lowest BCUT2D eigenvalue weighted by Crippen LogP contribution is -2.41. The molecule has 2 unspecified atom stereocenters. The van der Waals surface area contributed by atoms with Gasteiger partial charge >= 0.3 is 6.18 Å². The quantitative estimate of drug-likeness (QED) is 0.593. The number of fused-ring (bicyclic) bond motifs is 1. The number of hydrogen-bond donors (Lipinski definition) is 3. The average Bonchev–Trinajstić information content (AvgIpc) is 2.82. The van der Waals surface area contributed by atoms with Crippen molar-refractivity contribution < 1.29 is 32.2 Å². The van der Waals surface area contributed by atoms with E-state index in [2.05, 4.69) is 15.6 Å². The Balaban J connectivity index is 0.000000202. The van der Waals surface area contributed by atoms with Gasteiger partial charge in [0.15, 0.2) is 6.10 Å². The second-order valence-corrected chi connectivity index (χ2v) is 8.08. The molecule has 1 saturated heterocycles. The topological polar surface area (TPSA) is 116 Å². The number of hydrogen-bond acceptors (Lipinski definition) is 6. The smallest absolute Gasteiger partial charge is 0.417 e. The van der Waals surface area contributed by atoms with Crippen LogP contribution in [0.3, 0.4) is 0 Å². The van der Waals surface area contributed by atoms with Gasteiger partial charge in [0.05, 0.1) is 30.0 Å². The maximum absolute atomic E-state index is 12.4. The van der Waals surface area contributed by atoms with Gasteiger partial charge in [-0.3, -0.25) is 14.6 Å². The largest absolute Gasteiger partial charge is 0.477 e. The normalized spacial score (nSPS) is 19.4. The maximum atomic E-state index is 12.4. The molecule has 0 aliphatic carbocycles. The molecule has 2 aliphatic rings. The van der Waals surface area contributed by atoms with Crippen molar-refractivity contribution in [3.63, 3.8) is 0 Å². The first-order valence-corrected chi connectivity index (χ1v) is 10.9. The van der Waals surface area contributed by atoms with Crippen LogP contribution in [-0.2, 0) is 27.0 Å². The minimum Gasteiger partial charge on any atom is -0.477 e. The number of ether oxygens (including phenoxy) is 2. The Hall–Kier alpha value is -3.05. The van der Waals surface area contributed by atoms with Crippen molar-refractivity contribution >= 4 is 29.1 Å². The number of carbonyl (C=O) groups is 2. The Morgan fingerprint density at radius 2 is 2.00 bits per heavy atom. The fourth-order valence-corrected chi connectivity index (χ4v) is 3.41. The summed E-state index contributed by atoms with van der Waals surface area (Å²) in [7, 11) is 0. The number of aromatic nitrogens is 1. The summed E-state index contributed by atoms with van der Waals surface area (Å²) in [5.41, 5.74) is 5.49. The molecule has 1 fully saturated rings. The molecule has 2 atom stereocenters. The Kier molecular flexibility index (Phi) is 8.56. The molecular weight excluding hydrogens is 477 g/mol. The minimum absolute atomic E-state index is 0.0941. The van der Waals surface area contributed by atoms with Crippen LogP contribution >= 0.6 is 11.6 Å². The van der Waals surface area contributed by atoms with Gasteiger partial charge in [0.2, 0.25) is 5.91 Å². The van der Waals surface area contributed by atoms with E-state index in [1.54, 1.807) is 18.2 Å². The molecule has 4 rings (SSSR count). The summed E-state index contributed by atoms with van der Waals surface area (Å²) in [6, 6.07) is 7.36. The predicted octanol–water partition coefficient (Wildman–Crippen LogP) is 3.28. The highest BCUT2D eigenvalue weighted by atomic mass is 35.5. The molecule has 3 heterocycles. The first kappa shape index (κ1) is 25.6. The number of nitrogens with one attached hydrogen (secondary N) is 2. The minimum atomic E-state index is -4.40. The van der Waals surface area contributed by atoms with E-state index in [0.29, 0.717) is 36.0 Å². The second-order valence-electron chi connectivity index (χ2n) is 7.64. The van der Waals surface area contributed by atoms with Crippen molar-refractivity contribution in [2.75, 3.05) is 18.5 Å². The van der Waals surface area contributed by atoms with E-state index < -0.39 is 29.9 Å². The van der Waals surface area contributed by atoms with Gasteiger partial charge < -0.3 is 25.8 Å². The molecule has 12 heteroatoms. The van der Waals surface area contributed by atoms with E-state index in [0.717, 1.165) is 30.8 Å². The molecule has 0 spiro atoms. The number of carbonyl (C=O) groups excluding carboxylic acids is 2. The average molecular weight is 501 g/mol. The van der Waals surface area contributed by atoms with Gasteiger partial charge in [0, 0.05) is 17.8 Å². The first-order valence-electron chi connectivity index (χ1n) is 10.5. The molecule has 2 amide bonds. The molecule has 0 saturated carbocycles. The van der Waals surface area contributed by atoms with Crippen molar-refractivity contribution in [3.05, 3.63) is 52.8 Å². The van der Waals surface area contributed by atoms with Gasteiger partial charge in [-0.05, 0) is 49.6 Å². The molecule has 4 N–H and O–H groups in total. The fraction of sp³-hybridized carbons (Fsp3) is 0.409. The van der Waals surface area contributed by atoms with Crippen LogP contribution in [0.5, 0.6) is 5.75 Å². The molecule has 34 heavy (non-hydrogen) atoms. The predicted molar refractivity (Wildman–Crippen MR) is 118 cm³/mol. The van der Waals surface area contributed by atoms with E-state index in [1.807, 2.05) is 0 Å². The van der Waals surface area contributed by atoms with Crippen molar-refractivity contribution in [1.82, 2.24) is 10.3 Å². The van der Waals surface area contributed by atoms with Crippen LogP contribution in [0, 0.1) is 0 Å². The highest BCUT2D eigenvalue weighted by molar-refractivity contribution is 6.30. The molecule has 1 aromatic carbocycles. The summed E-state index contributed by atoms with van der Waals surface area (Å²) >= 11 is 5.79. The molecule has 2 aliphatic heterocycles. The zero-order valence-corrected chi connectivity index (χ0v) is 18.8. The molecule has 8 nitrogen and oxygen atoms in total. The number of rotatable bonds is 4. The van der Waals surface area contributed by atoms with Gasteiger partial charge in [0.25, 0.3) is 5.91 Å². The number of halogens is 4. The molecule has 0 bridgehead atoms. The summed E-state index contributed by atoms with van der Waals surface area (Å²) < 4.78 is 47.7. The molecular formula is C22H24ClF3N4O4. The Bertz CT molecular complexity index is 999. The lowest BCUT2D eigenvalue weighted by Gasteiger charge is -2.25. The van der Waals surface area contributed by atoms with Crippen LogP contribution in [0.15, 0.2) is 36.5 Å². The number of nitrogens with two attached hydrogens (primary N) is 1. The van der Waals surface area contributed by atoms with Crippen LogP contribution in [-0.4, -0.2) is 42.2 Å². The van der Waals surface area contributed by atoms with Crippen molar-refractivity contribution in [2.24, 2.45) is 5.73 Å². The molecule has 2 aromatic rings. The van der Waals surface area contributed by atoms with E-state index in [1.165, 1.54) is 6.07 Å².